The van der Waals surface area contributed by atoms with Gasteiger partial charge >= 0.3 is 5.69 Å². The van der Waals surface area contributed by atoms with Gasteiger partial charge in [-0.05, 0) is 18.9 Å². The maximum absolute atomic E-state index is 11.0. The highest BCUT2D eigenvalue weighted by atomic mass is 16.6. The minimum Gasteiger partial charge on any atom is -0.351 e. The second kappa shape index (κ2) is 5.28. The van der Waals surface area contributed by atoms with Crippen LogP contribution in [0.3, 0.4) is 0 Å². The lowest BCUT2D eigenvalue weighted by atomic mass is 9.94. The second-order valence-electron chi connectivity index (χ2n) is 4.87. The summed E-state index contributed by atoms with van der Waals surface area (Å²) >= 11 is 0. The molecule has 1 aliphatic heterocycles. The van der Waals surface area contributed by atoms with Crippen molar-refractivity contribution >= 4 is 11.5 Å². The van der Waals surface area contributed by atoms with Gasteiger partial charge in [-0.25, -0.2) is 9.97 Å². The summed E-state index contributed by atoms with van der Waals surface area (Å²) in [5.74, 6) is 0.914. The van der Waals surface area contributed by atoms with Gasteiger partial charge in [0.25, 0.3) is 0 Å². The van der Waals surface area contributed by atoms with Crippen LogP contribution in [0.25, 0.3) is 0 Å². The molecular formula is C13H15N5O2. The van der Waals surface area contributed by atoms with Gasteiger partial charge in [0.05, 0.1) is 11.3 Å². The molecule has 1 aliphatic rings. The van der Waals surface area contributed by atoms with Crippen molar-refractivity contribution in [1.29, 1.82) is 0 Å². The predicted octanol–water partition coefficient (Wildman–Crippen LogP) is 2.10. The Morgan fingerprint density at radius 2 is 2.20 bits per heavy atom. The number of nitrogens with zero attached hydrogens (tertiary/aromatic N) is 4. The highest BCUT2D eigenvalue weighted by Gasteiger charge is 2.26. The van der Waals surface area contributed by atoms with Crippen molar-refractivity contribution in [2.75, 3.05) is 18.0 Å². The number of nitro groups is 1. The molecule has 0 radical (unpaired) electrons. The number of aromatic nitrogens is 3. The average molecular weight is 273 g/mol. The van der Waals surface area contributed by atoms with Gasteiger partial charge in [-0.1, -0.05) is 0 Å². The fourth-order valence-electron chi connectivity index (χ4n) is 2.67. The van der Waals surface area contributed by atoms with Gasteiger partial charge in [-0.3, -0.25) is 10.1 Å². The molecule has 0 spiro atoms. The molecule has 1 fully saturated rings. The van der Waals surface area contributed by atoms with E-state index in [0.717, 1.165) is 31.6 Å². The van der Waals surface area contributed by atoms with E-state index in [1.165, 1.54) is 6.07 Å². The monoisotopic (exact) mass is 273 g/mol. The van der Waals surface area contributed by atoms with Crippen LogP contribution in [0, 0.1) is 10.1 Å². The summed E-state index contributed by atoms with van der Waals surface area (Å²) in [6.07, 6.45) is 7.02. The smallest absolute Gasteiger partial charge is 0.311 e. The number of nitrogens with one attached hydrogen (secondary N) is 1. The number of imidazole rings is 1. The molecular weight excluding hydrogens is 258 g/mol. The van der Waals surface area contributed by atoms with Gasteiger partial charge in [0.2, 0.25) is 5.82 Å². The van der Waals surface area contributed by atoms with Crippen molar-refractivity contribution in [2.45, 2.75) is 18.8 Å². The Hall–Kier alpha value is -2.44. The Labute approximate surface area is 115 Å². The van der Waals surface area contributed by atoms with Crippen molar-refractivity contribution in [3.63, 3.8) is 0 Å². The molecule has 20 heavy (non-hydrogen) atoms. The molecule has 7 nitrogen and oxygen atoms in total. The topological polar surface area (TPSA) is 87.9 Å². The van der Waals surface area contributed by atoms with Crippen molar-refractivity contribution in [2.24, 2.45) is 0 Å². The molecule has 1 saturated heterocycles. The SMILES string of the molecule is O=[N+]([O-])c1cccnc1N1CCC(c2cnc[nH]2)CC1. The zero-order chi connectivity index (χ0) is 13.9. The summed E-state index contributed by atoms with van der Waals surface area (Å²) in [4.78, 5) is 24.0. The molecule has 0 amide bonds. The molecule has 2 aromatic rings. The van der Waals surface area contributed by atoms with E-state index < -0.39 is 0 Å². The predicted molar refractivity (Wildman–Crippen MR) is 73.7 cm³/mol. The van der Waals surface area contributed by atoms with Gasteiger partial charge in [0.1, 0.15) is 0 Å². The molecule has 2 aromatic heterocycles. The first-order valence-corrected chi connectivity index (χ1v) is 6.58. The van der Waals surface area contributed by atoms with E-state index in [1.54, 1.807) is 18.6 Å². The van der Waals surface area contributed by atoms with Crippen LogP contribution in [0.4, 0.5) is 11.5 Å². The molecule has 0 aromatic carbocycles. The first-order chi connectivity index (χ1) is 9.75. The molecule has 0 unspecified atom stereocenters. The van der Waals surface area contributed by atoms with Crippen LogP contribution in [-0.2, 0) is 0 Å². The normalized spacial score (nSPS) is 16.3. The number of hydrogen-bond donors (Lipinski definition) is 1. The third-order valence-corrected chi connectivity index (χ3v) is 3.72. The Morgan fingerprint density at radius 3 is 2.85 bits per heavy atom. The third kappa shape index (κ3) is 2.34. The first-order valence-electron chi connectivity index (χ1n) is 6.58. The molecule has 0 aliphatic carbocycles. The summed E-state index contributed by atoms with van der Waals surface area (Å²) < 4.78 is 0. The van der Waals surface area contributed by atoms with E-state index >= 15 is 0 Å². The van der Waals surface area contributed by atoms with E-state index in [9.17, 15) is 10.1 Å². The van der Waals surface area contributed by atoms with Gasteiger partial charge in [-0.2, -0.15) is 0 Å². The zero-order valence-electron chi connectivity index (χ0n) is 10.9. The number of pyridine rings is 1. The van der Waals surface area contributed by atoms with E-state index in [4.69, 9.17) is 0 Å². The van der Waals surface area contributed by atoms with Crippen LogP contribution in [0.15, 0.2) is 30.9 Å². The largest absolute Gasteiger partial charge is 0.351 e. The lowest BCUT2D eigenvalue weighted by Crippen LogP contribution is -2.34. The van der Waals surface area contributed by atoms with Gasteiger partial charge in [-0.15, -0.1) is 0 Å². The van der Waals surface area contributed by atoms with E-state index in [0.29, 0.717) is 11.7 Å². The van der Waals surface area contributed by atoms with Crippen LogP contribution in [-0.4, -0.2) is 33.0 Å². The Bertz CT molecular complexity index is 591. The maximum atomic E-state index is 11.0. The van der Waals surface area contributed by atoms with Crippen molar-refractivity contribution in [1.82, 2.24) is 15.0 Å². The number of H-pyrrole nitrogens is 1. The molecule has 7 heteroatoms. The number of aromatic amines is 1. The zero-order valence-corrected chi connectivity index (χ0v) is 10.9. The molecule has 1 N–H and O–H groups in total. The highest BCUT2D eigenvalue weighted by Crippen LogP contribution is 2.32. The minimum atomic E-state index is -0.372. The van der Waals surface area contributed by atoms with Crippen molar-refractivity contribution < 1.29 is 4.92 Å². The maximum Gasteiger partial charge on any atom is 0.311 e. The number of hydrogen-bond acceptors (Lipinski definition) is 5. The minimum absolute atomic E-state index is 0.0764. The lowest BCUT2D eigenvalue weighted by Gasteiger charge is -2.31. The van der Waals surface area contributed by atoms with Crippen LogP contribution in [0.1, 0.15) is 24.5 Å². The first kappa shape index (κ1) is 12.6. The van der Waals surface area contributed by atoms with Gasteiger partial charge < -0.3 is 9.88 Å². The second-order valence-corrected chi connectivity index (χ2v) is 4.87. The Morgan fingerprint density at radius 1 is 1.40 bits per heavy atom. The number of anilines is 1. The summed E-state index contributed by atoms with van der Waals surface area (Å²) in [6.45, 7) is 1.53. The summed E-state index contributed by atoms with van der Waals surface area (Å²) in [7, 11) is 0. The van der Waals surface area contributed by atoms with Gasteiger partial charge in [0.15, 0.2) is 0 Å². The number of rotatable bonds is 3. The van der Waals surface area contributed by atoms with Crippen molar-refractivity contribution in [3.8, 4) is 0 Å². The summed E-state index contributed by atoms with van der Waals surface area (Å²) in [5, 5.41) is 11.0. The molecule has 104 valence electrons. The van der Waals surface area contributed by atoms with Crippen LogP contribution in [0.2, 0.25) is 0 Å². The number of piperidine rings is 1. The Balaban J connectivity index is 1.74. The van der Waals surface area contributed by atoms with Gasteiger partial charge in [0, 0.05) is 43.2 Å². The molecule has 3 rings (SSSR count). The van der Waals surface area contributed by atoms with Crippen LogP contribution < -0.4 is 4.90 Å². The average Bonchev–Trinajstić information content (AvgIpc) is 3.02. The van der Waals surface area contributed by atoms with E-state index in [1.807, 2.05) is 11.1 Å². The highest BCUT2D eigenvalue weighted by molar-refractivity contribution is 5.57. The van der Waals surface area contributed by atoms with Crippen molar-refractivity contribution in [3.05, 3.63) is 46.7 Å². The van der Waals surface area contributed by atoms with Crippen LogP contribution >= 0.6 is 0 Å². The summed E-state index contributed by atoms with van der Waals surface area (Å²) in [6, 6.07) is 3.10. The summed E-state index contributed by atoms with van der Waals surface area (Å²) in [5.41, 5.74) is 1.22. The fraction of sp³-hybridized carbons (Fsp3) is 0.385. The molecule has 3 heterocycles. The molecule has 0 bridgehead atoms. The van der Waals surface area contributed by atoms with Crippen LogP contribution in [0.5, 0.6) is 0 Å². The fourth-order valence-corrected chi connectivity index (χ4v) is 2.67. The lowest BCUT2D eigenvalue weighted by molar-refractivity contribution is -0.384. The third-order valence-electron chi connectivity index (χ3n) is 3.72. The molecule has 0 saturated carbocycles. The van der Waals surface area contributed by atoms with E-state index in [-0.39, 0.29) is 10.6 Å². The quantitative estimate of drug-likeness (QED) is 0.683. The Kier molecular flexibility index (Phi) is 3.32. The standard InChI is InChI=1S/C13H15N5O2/c19-18(20)12-2-1-5-15-13(12)17-6-3-10(4-7-17)11-8-14-9-16-11/h1-2,5,8-10H,3-4,6-7H2,(H,14,16). The molecule has 0 atom stereocenters. The van der Waals surface area contributed by atoms with E-state index in [2.05, 4.69) is 15.0 Å².